The minimum Gasteiger partial charge on any atom is -0.393 e. The standard InChI is InChI=1S/C18H26N2O3/c1-13(2)16(21)8-9-19-18(23)15-10-17(22)20(12-15)11-14-6-4-3-5-7-14/h3-7,13,15-16,21H,8-12H2,1-2H3,(H,19,23). The summed E-state index contributed by atoms with van der Waals surface area (Å²) in [6.07, 6.45) is 0.401. The number of benzene rings is 1. The average Bonchev–Trinajstić information content (AvgIpc) is 2.89. The molecule has 0 aromatic heterocycles. The van der Waals surface area contributed by atoms with Crippen LogP contribution in [-0.2, 0) is 16.1 Å². The zero-order valence-corrected chi connectivity index (χ0v) is 13.9. The van der Waals surface area contributed by atoms with Crippen LogP contribution in [0, 0.1) is 11.8 Å². The van der Waals surface area contributed by atoms with Crippen molar-refractivity contribution in [1.29, 1.82) is 0 Å². The molecule has 5 heteroatoms. The molecule has 2 amide bonds. The third-order valence-corrected chi connectivity index (χ3v) is 4.31. The molecular weight excluding hydrogens is 292 g/mol. The zero-order valence-electron chi connectivity index (χ0n) is 13.9. The zero-order chi connectivity index (χ0) is 16.8. The third-order valence-electron chi connectivity index (χ3n) is 4.31. The van der Waals surface area contributed by atoms with Crippen LogP contribution in [0.1, 0.15) is 32.3 Å². The summed E-state index contributed by atoms with van der Waals surface area (Å²) in [6, 6.07) is 9.79. The molecule has 2 atom stereocenters. The van der Waals surface area contributed by atoms with Crippen LogP contribution in [0.25, 0.3) is 0 Å². The predicted molar refractivity (Wildman–Crippen MR) is 88.4 cm³/mol. The molecule has 1 aromatic carbocycles. The van der Waals surface area contributed by atoms with E-state index in [0.717, 1.165) is 5.56 Å². The van der Waals surface area contributed by atoms with Gasteiger partial charge in [-0.2, -0.15) is 0 Å². The van der Waals surface area contributed by atoms with Crippen LogP contribution in [0.2, 0.25) is 0 Å². The van der Waals surface area contributed by atoms with Crippen molar-refractivity contribution in [3.05, 3.63) is 35.9 Å². The molecule has 2 rings (SSSR count). The molecule has 0 aliphatic carbocycles. The van der Waals surface area contributed by atoms with Crippen molar-refractivity contribution in [1.82, 2.24) is 10.2 Å². The molecule has 0 radical (unpaired) electrons. The number of aliphatic hydroxyl groups excluding tert-OH is 1. The fourth-order valence-electron chi connectivity index (χ4n) is 2.73. The van der Waals surface area contributed by atoms with Crippen LogP contribution >= 0.6 is 0 Å². The smallest absolute Gasteiger partial charge is 0.225 e. The number of amides is 2. The first-order chi connectivity index (χ1) is 11.0. The second-order valence-electron chi connectivity index (χ2n) is 6.55. The predicted octanol–water partition coefficient (Wildman–Crippen LogP) is 1.56. The maximum absolute atomic E-state index is 12.2. The SMILES string of the molecule is CC(C)C(O)CCNC(=O)C1CC(=O)N(Cc2ccccc2)C1. The molecule has 23 heavy (non-hydrogen) atoms. The van der Waals surface area contributed by atoms with E-state index in [1.807, 2.05) is 44.2 Å². The summed E-state index contributed by atoms with van der Waals surface area (Å²) in [5.74, 6) is -0.176. The molecule has 2 unspecified atom stereocenters. The number of rotatable bonds is 7. The lowest BCUT2D eigenvalue weighted by Crippen LogP contribution is -2.35. The minimum absolute atomic E-state index is 0.0243. The Morgan fingerprint density at radius 1 is 1.35 bits per heavy atom. The molecular formula is C18H26N2O3. The Hall–Kier alpha value is -1.88. The maximum atomic E-state index is 12.2. The van der Waals surface area contributed by atoms with Gasteiger partial charge in [-0.25, -0.2) is 0 Å². The summed E-state index contributed by atoms with van der Waals surface area (Å²) in [5, 5.41) is 12.6. The van der Waals surface area contributed by atoms with Crippen molar-refractivity contribution >= 4 is 11.8 Å². The quantitative estimate of drug-likeness (QED) is 0.801. The van der Waals surface area contributed by atoms with Gasteiger partial charge in [-0.15, -0.1) is 0 Å². The number of nitrogens with one attached hydrogen (secondary N) is 1. The highest BCUT2D eigenvalue weighted by Crippen LogP contribution is 2.20. The van der Waals surface area contributed by atoms with Gasteiger partial charge < -0.3 is 15.3 Å². The number of hydrogen-bond donors (Lipinski definition) is 2. The van der Waals surface area contributed by atoms with Gasteiger partial charge in [0.1, 0.15) is 0 Å². The molecule has 1 aliphatic rings. The van der Waals surface area contributed by atoms with E-state index in [1.165, 1.54) is 0 Å². The number of hydrogen-bond acceptors (Lipinski definition) is 3. The maximum Gasteiger partial charge on any atom is 0.225 e. The van der Waals surface area contributed by atoms with Crippen LogP contribution in [0.5, 0.6) is 0 Å². The van der Waals surface area contributed by atoms with Gasteiger partial charge in [-0.1, -0.05) is 44.2 Å². The highest BCUT2D eigenvalue weighted by molar-refractivity contribution is 5.89. The van der Waals surface area contributed by atoms with Crippen LogP contribution in [-0.4, -0.2) is 41.0 Å². The van der Waals surface area contributed by atoms with Crippen LogP contribution in [0.15, 0.2) is 30.3 Å². The van der Waals surface area contributed by atoms with Crippen molar-refractivity contribution in [2.75, 3.05) is 13.1 Å². The molecule has 0 spiro atoms. The van der Waals surface area contributed by atoms with E-state index in [1.54, 1.807) is 4.90 Å². The Kier molecular flexibility index (Phi) is 6.16. The molecule has 0 saturated carbocycles. The minimum atomic E-state index is -0.407. The van der Waals surface area contributed by atoms with E-state index in [4.69, 9.17) is 0 Å². The lowest BCUT2D eigenvalue weighted by molar-refractivity contribution is -0.129. The van der Waals surface area contributed by atoms with Gasteiger partial charge in [0.05, 0.1) is 12.0 Å². The number of likely N-dealkylation sites (tertiary alicyclic amines) is 1. The van der Waals surface area contributed by atoms with Gasteiger partial charge in [0, 0.05) is 26.1 Å². The summed E-state index contributed by atoms with van der Waals surface area (Å²) in [5.41, 5.74) is 1.07. The first-order valence-electron chi connectivity index (χ1n) is 8.25. The van der Waals surface area contributed by atoms with E-state index in [2.05, 4.69) is 5.32 Å². The summed E-state index contributed by atoms with van der Waals surface area (Å²) in [4.78, 5) is 26.0. The number of carbonyl (C=O) groups excluding carboxylic acids is 2. The van der Waals surface area contributed by atoms with E-state index in [9.17, 15) is 14.7 Å². The summed E-state index contributed by atoms with van der Waals surface area (Å²) in [7, 11) is 0. The van der Waals surface area contributed by atoms with Crippen molar-refractivity contribution in [2.45, 2.75) is 39.3 Å². The number of carbonyl (C=O) groups is 2. The molecule has 1 fully saturated rings. The monoisotopic (exact) mass is 318 g/mol. The van der Waals surface area contributed by atoms with E-state index in [-0.39, 0.29) is 30.1 Å². The third kappa shape index (κ3) is 5.06. The molecule has 1 aliphatic heterocycles. The van der Waals surface area contributed by atoms with E-state index in [0.29, 0.717) is 26.1 Å². The largest absolute Gasteiger partial charge is 0.393 e. The van der Waals surface area contributed by atoms with Crippen molar-refractivity contribution in [2.24, 2.45) is 11.8 Å². The summed E-state index contributed by atoms with van der Waals surface area (Å²) in [6.45, 7) is 5.36. The van der Waals surface area contributed by atoms with Crippen molar-refractivity contribution in [3.8, 4) is 0 Å². The van der Waals surface area contributed by atoms with Crippen LogP contribution in [0.3, 0.4) is 0 Å². The number of aliphatic hydroxyl groups is 1. The highest BCUT2D eigenvalue weighted by Gasteiger charge is 2.34. The van der Waals surface area contributed by atoms with Gasteiger partial charge >= 0.3 is 0 Å². The first-order valence-corrected chi connectivity index (χ1v) is 8.25. The van der Waals surface area contributed by atoms with E-state index >= 15 is 0 Å². The van der Waals surface area contributed by atoms with E-state index < -0.39 is 6.10 Å². The second kappa shape index (κ2) is 8.11. The molecule has 1 saturated heterocycles. The van der Waals surface area contributed by atoms with Gasteiger partial charge in [0.15, 0.2) is 0 Å². The average molecular weight is 318 g/mol. The van der Waals surface area contributed by atoms with Crippen LogP contribution in [0.4, 0.5) is 0 Å². The van der Waals surface area contributed by atoms with Gasteiger partial charge in [-0.05, 0) is 17.9 Å². The lowest BCUT2D eigenvalue weighted by Gasteiger charge is -2.17. The topological polar surface area (TPSA) is 69.6 Å². The Morgan fingerprint density at radius 3 is 2.70 bits per heavy atom. The Morgan fingerprint density at radius 2 is 2.04 bits per heavy atom. The molecule has 0 bridgehead atoms. The fraction of sp³-hybridized carbons (Fsp3) is 0.556. The second-order valence-corrected chi connectivity index (χ2v) is 6.55. The Balaban J connectivity index is 1.79. The number of nitrogens with zero attached hydrogens (tertiary/aromatic N) is 1. The Labute approximate surface area is 137 Å². The summed E-state index contributed by atoms with van der Waals surface area (Å²) < 4.78 is 0. The first kappa shape index (κ1) is 17.5. The molecule has 126 valence electrons. The fourth-order valence-corrected chi connectivity index (χ4v) is 2.73. The van der Waals surface area contributed by atoms with Gasteiger partial charge in [0.25, 0.3) is 0 Å². The highest BCUT2D eigenvalue weighted by atomic mass is 16.3. The van der Waals surface area contributed by atoms with Crippen molar-refractivity contribution < 1.29 is 14.7 Å². The van der Waals surface area contributed by atoms with Gasteiger partial charge in [-0.3, -0.25) is 9.59 Å². The van der Waals surface area contributed by atoms with Crippen LogP contribution < -0.4 is 5.32 Å². The molecule has 2 N–H and O–H groups in total. The summed E-state index contributed by atoms with van der Waals surface area (Å²) >= 11 is 0. The lowest BCUT2D eigenvalue weighted by atomic mass is 10.0. The van der Waals surface area contributed by atoms with Gasteiger partial charge in [0.2, 0.25) is 11.8 Å². The van der Waals surface area contributed by atoms with Crippen molar-refractivity contribution in [3.63, 3.8) is 0 Å². The molecule has 1 heterocycles. The molecule has 5 nitrogen and oxygen atoms in total. The Bertz CT molecular complexity index is 530. The molecule has 1 aromatic rings. The normalized spacial score (nSPS) is 19.2.